The molecule has 19 heavy (non-hydrogen) atoms. The van der Waals surface area contributed by atoms with Crippen LogP contribution >= 0.6 is 0 Å². The normalized spacial score (nSPS) is 23.4. The standard InChI is InChI=1S/C12H21FN2O4/c1-11(2,3)19-10(17)15-7-6-12(13,8-15)9(16)14(4)18-5/h6-8H2,1-5H3/t12-/m1/s1. The lowest BCUT2D eigenvalue weighted by molar-refractivity contribution is -0.181. The molecule has 0 aromatic heterocycles. The van der Waals surface area contributed by atoms with E-state index in [9.17, 15) is 14.0 Å². The molecule has 0 unspecified atom stereocenters. The Bertz CT molecular complexity index is 369. The van der Waals surface area contributed by atoms with E-state index in [-0.39, 0.29) is 19.5 Å². The van der Waals surface area contributed by atoms with E-state index in [1.54, 1.807) is 20.8 Å². The lowest BCUT2D eigenvalue weighted by Crippen LogP contribution is -2.47. The van der Waals surface area contributed by atoms with Gasteiger partial charge in [-0.25, -0.2) is 14.2 Å². The van der Waals surface area contributed by atoms with Crippen molar-refractivity contribution in [2.24, 2.45) is 0 Å². The highest BCUT2D eigenvalue weighted by Gasteiger charge is 2.49. The summed E-state index contributed by atoms with van der Waals surface area (Å²) in [7, 11) is 2.61. The fraction of sp³-hybridized carbons (Fsp3) is 0.833. The maximum atomic E-state index is 14.5. The molecular weight excluding hydrogens is 255 g/mol. The zero-order chi connectivity index (χ0) is 14.8. The maximum Gasteiger partial charge on any atom is 0.410 e. The lowest BCUT2D eigenvalue weighted by atomic mass is 10.1. The van der Waals surface area contributed by atoms with E-state index in [1.165, 1.54) is 19.1 Å². The highest BCUT2D eigenvalue weighted by molar-refractivity contribution is 5.86. The Labute approximate surface area is 112 Å². The monoisotopic (exact) mass is 276 g/mol. The fourth-order valence-corrected chi connectivity index (χ4v) is 1.79. The first-order valence-electron chi connectivity index (χ1n) is 6.08. The zero-order valence-electron chi connectivity index (χ0n) is 12.0. The number of hydrogen-bond donors (Lipinski definition) is 0. The summed E-state index contributed by atoms with van der Waals surface area (Å²) >= 11 is 0. The maximum absolute atomic E-state index is 14.5. The Morgan fingerprint density at radius 2 is 1.95 bits per heavy atom. The van der Waals surface area contributed by atoms with Crippen LogP contribution in [0.15, 0.2) is 0 Å². The van der Waals surface area contributed by atoms with Gasteiger partial charge in [-0.05, 0) is 20.8 Å². The van der Waals surface area contributed by atoms with Crippen molar-refractivity contribution in [1.82, 2.24) is 9.96 Å². The van der Waals surface area contributed by atoms with Crippen molar-refractivity contribution >= 4 is 12.0 Å². The third-order valence-electron chi connectivity index (χ3n) is 2.81. The van der Waals surface area contributed by atoms with E-state index in [0.717, 1.165) is 5.06 Å². The lowest BCUT2D eigenvalue weighted by Gasteiger charge is -2.26. The van der Waals surface area contributed by atoms with E-state index >= 15 is 0 Å². The molecule has 1 rings (SSSR count). The molecule has 1 fully saturated rings. The topological polar surface area (TPSA) is 59.1 Å². The van der Waals surface area contributed by atoms with Gasteiger partial charge in [-0.3, -0.25) is 9.63 Å². The SMILES string of the molecule is CON(C)C(=O)[C@@]1(F)CCN(C(=O)OC(C)(C)C)C1. The summed E-state index contributed by atoms with van der Waals surface area (Å²) < 4.78 is 19.6. The van der Waals surface area contributed by atoms with Crippen LogP contribution in [0.1, 0.15) is 27.2 Å². The van der Waals surface area contributed by atoms with Crippen molar-refractivity contribution in [1.29, 1.82) is 0 Å². The number of hydrogen-bond acceptors (Lipinski definition) is 4. The van der Waals surface area contributed by atoms with Gasteiger partial charge in [0.15, 0.2) is 0 Å². The molecule has 1 aliphatic rings. The number of carbonyl (C=O) groups is 2. The molecule has 0 saturated carbocycles. The van der Waals surface area contributed by atoms with Crippen LogP contribution in [-0.4, -0.2) is 60.5 Å². The molecule has 1 saturated heterocycles. The molecule has 0 spiro atoms. The van der Waals surface area contributed by atoms with Crippen LogP contribution in [0.2, 0.25) is 0 Å². The van der Waals surface area contributed by atoms with Gasteiger partial charge >= 0.3 is 6.09 Å². The minimum absolute atomic E-state index is 0.0568. The Morgan fingerprint density at radius 3 is 2.42 bits per heavy atom. The smallest absolute Gasteiger partial charge is 0.410 e. The summed E-state index contributed by atoms with van der Waals surface area (Å²) in [5.41, 5.74) is -2.76. The van der Waals surface area contributed by atoms with Crippen LogP contribution in [0, 0.1) is 0 Å². The summed E-state index contributed by atoms with van der Waals surface area (Å²) in [6.07, 6.45) is -0.668. The third-order valence-corrected chi connectivity index (χ3v) is 2.81. The Morgan fingerprint density at radius 1 is 1.37 bits per heavy atom. The predicted octanol–water partition coefficient (Wildman–Crippen LogP) is 1.36. The van der Waals surface area contributed by atoms with Crippen LogP contribution in [0.25, 0.3) is 0 Å². The minimum atomic E-state index is -2.11. The first kappa shape index (κ1) is 15.7. The molecule has 1 atom stereocenters. The number of halogens is 1. The van der Waals surface area contributed by atoms with Gasteiger partial charge < -0.3 is 9.64 Å². The number of amides is 2. The summed E-state index contributed by atoms with van der Waals surface area (Å²) in [5, 5.41) is 0.832. The van der Waals surface area contributed by atoms with Gasteiger partial charge in [0.05, 0.1) is 13.7 Å². The van der Waals surface area contributed by atoms with Crippen LogP contribution in [0.4, 0.5) is 9.18 Å². The minimum Gasteiger partial charge on any atom is -0.444 e. The van der Waals surface area contributed by atoms with Crippen LogP contribution in [0.5, 0.6) is 0 Å². The molecule has 7 heteroatoms. The quantitative estimate of drug-likeness (QED) is 0.714. The van der Waals surface area contributed by atoms with Gasteiger partial charge in [-0.1, -0.05) is 0 Å². The second-order valence-electron chi connectivity index (χ2n) is 5.60. The molecule has 6 nitrogen and oxygen atoms in total. The zero-order valence-corrected chi connectivity index (χ0v) is 12.0. The third kappa shape index (κ3) is 3.79. The highest BCUT2D eigenvalue weighted by Crippen LogP contribution is 2.28. The number of carbonyl (C=O) groups excluding carboxylic acids is 2. The first-order chi connectivity index (χ1) is 8.59. The van der Waals surface area contributed by atoms with E-state index in [4.69, 9.17) is 4.74 Å². The van der Waals surface area contributed by atoms with Crippen LogP contribution in [-0.2, 0) is 14.4 Å². The Hall–Kier alpha value is -1.37. The number of likely N-dealkylation sites (tertiary alicyclic amines) is 1. The largest absolute Gasteiger partial charge is 0.444 e. The first-order valence-corrected chi connectivity index (χ1v) is 6.08. The summed E-state index contributed by atoms with van der Waals surface area (Å²) in [6.45, 7) is 5.03. The number of ether oxygens (including phenoxy) is 1. The van der Waals surface area contributed by atoms with Crippen molar-refractivity contribution in [2.45, 2.75) is 38.5 Å². The molecule has 0 aromatic carbocycles. The molecule has 1 heterocycles. The molecular formula is C12H21FN2O4. The van der Waals surface area contributed by atoms with Gasteiger partial charge in [0.1, 0.15) is 5.60 Å². The van der Waals surface area contributed by atoms with E-state index < -0.39 is 23.3 Å². The van der Waals surface area contributed by atoms with Gasteiger partial charge in [-0.2, -0.15) is 0 Å². The second kappa shape index (κ2) is 5.32. The number of rotatable bonds is 2. The summed E-state index contributed by atoms with van der Waals surface area (Å²) in [6, 6.07) is 0. The van der Waals surface area contributed by atoms with Crippen molar-refractivity contribution in [2.75, 3.05) is 27.2 Å². The molecule has 0 aromatic rings. The van der Waals surface area contributed by atoms with Crippen LogP contribution in [0.3, 0.4) is 0 Å². The molecule has 2 amide bonds. The van der Waals surface area contributed by atoms with Crippen molar-refractivity contribution in [3.63, 3.8) is 0 Å². The Balaban J connectivity index is 2.67. The number of nitrogens with zero attached hydrogens (tertiary/aromatic N) is 2. The van der Waals surface area contributed by atoms with E-state index in [0.29, 0.717) is 0 Å². The Kier molecular flexibility index (Phi) is 4.39. The highest BCUT2D eigenvalue weighted by atomic mass is 19.1. The van der Waals surface area contributed by atoms with Gasteiger partial charge in [0, 0.05) is 20.0 Å². The fourth-order valence-electron chi connectivity index (χ4n) is 1.79. The summed E-state index contributed by atoms with van der Waals surface area (Å²) in [5.74, 6) is -0.791. The van der Waals surface area contributed by atoms with E-state index in [1.807, 2.05) is 0 Å². The molecule has 110 valence electrons. The molecule has 0 aliphatic carbocycles. The predicted molar refractivity (Wildman–Crippen MR) is 66.0 cm³/mol. The van der Waals surface area contributed by atoms with Crippen LogP contribution < -0.4 is 0 Å². The van der Waals surface area contributed by atoms with Crippen molar-refractivity contribution in [3.05, 3.63) is 0 Å². The van der Waals surface area contributed by atoms with Gasteiger partial charge in [0.2, 0.25) is 5.67 Å². The molecule has 0 N–H and O–H groups in total. The van der Waals surface area contributed by atoms with Crippen molar-refractivity contribution < 1.29 is 23.6 Å². The average Bonchev–Trinajstić information content (AvgIpc) is 2.69. The second-order valence-corrected chi connectivity index (χ2v) is 5.60. The number of hydroxylamine groups is 2. The van der Waals surface area contributed by atoms with E-state index in [2.05, 4.69) is 4.84 Å². The molecule has 0 radical (unpaired) electrons. The molecule has 0 bridgehead atoms. The summed E-state index contributed by atoms with van der Waals surface area (Å²) in [4.78, 5) is 29.5. The van der Waals surface area contributed by atoms with Gasteiger partial charge in [0.25, 0.3) is 5.91 Å². The molecule has 1 aliphatic heterocycles. The average molecular weight is 276 g/mol. The number of alkyl halides is 1. The van der Waals surface area contributed by atoms with Crippen molar-refractivity contribution in [3.8, 4) is 0 Å². The van der Waals surface area contributed by atoms with Gasteiger partial charge in [-0.15, -0.1) is 0 Å².